The molecule has 0 saturated carbocycles. The van der Waals surface area contributed by atoms with Gasteiger partial charge in [-0.1, -0.05) is 12.1 Å². The monoisotopic (exact) mass is 674 g/mol. The minimum Gasteiger partial charge on any atom is -0.744 e. The molecule has 13 nitrogen and oxygen atoms in total. The maximum atomic E-state index is 11.8. The maximum absolute atomic E-state index is 11.8. The third-order valence-corrected chi connectivity index (χ3v) is 8.13. The second-order valence-electron chi connectivity index (χ2n) is 8.94. The van der Waals surface area contributed by atoms with E-state index in [1.54, 1.807) is 0 Å². The van der Waals surface area contributed by atoms with Crippen LogP contribution in [0.25, 0.3) is 20.8 Å². The fourth-order valence-corrected chi connectivity index (χ4v) is 5.68. The number of hydrogen-bond donors (Lipinski definition) is 1. The number of nitrogens with zero attached hydrogens (tertiary/aromatic N) is 5. The van der Waals surface area contributed by atoms with Gasteiger partial charge in [-0.05, 0) is 41.9 Å². The Morgan fingerprint density at radius 3 is 2.09 bits per heavy atom. The number of rotatable bonds is 5. The van der Waals surface area contributed by atoms with Crippen LogP contribution < -0.4 is 61.6 Å². The van der Waals surface area contributed by atoms with Gasteiger partial charge in [-0.2, -0.15) is 15.0 Å². The summed E-state index contributed by atoms with van der Waals surface area (Å²) in [4.78, 5) is 19.2. The SMILES string of the molecule is O=S(=O)([O-])c1ccc(Nc2nc(Cl)nc(N3CCOCCOCCOCCOCC3)n2)c(-c2nc3ccccc3s2)c1.[K+]. The molecule has 2 aromatic carbocycles. The molecule has 0 bridgehead atoms. The summed E-state index contributed by atoms with van der Waals surface area (Å²) in [6, 6.07) is 11.5. The number of anilines is 3. The van der Waals surface area contributed by atoms with Crippen molar-refractivity contribution in [2.24, 2.45) is 0 Å². The van der Waals surface area contributed by atoms with Gasteiger partial charge in [0.1, 0.15) is 15.1 Å². The topological polar surface area (TPSA) is 161 Å². The van der Waals surface area contributed by atoms with Crippen molar-refractivity contribution in [3.8, 4) is 10.6 Å². The molecule has 17 heteroatoms. The summed E-state index contributed by atoms with van der Waals surface area (Å²) in [6.45, 7) is 4.42. The van der Waals surface area contributed by atoms with Crippen LogP contribution in [-0.2, 0) is 29.1 Å². The van der Waals surface area contributed by atoms with Gasteiger partial charge in [-0.15, -0.1) is 11.3 Å². The molecule has 1 aliphatic heterocycles. The third-order valence-electron chi connectivity index (χ3n) is 6.06. The van der Waals surface area contributed by atoms with Crippen LogP contribution in [0.2, 0.25) is 5.28 Å². The van der Waals surface area contributed by atoms with Gasteiger partial charge in [-0.3, -0.25) is 0 Å². The van der Waals surface area contributed by atoms with E-state index < -0.39 is 10.1 Å². The average molecular weight is 675 g/mol. The van der Waals surface area contributed by atoms with Crippen molar-refractivity contribution in [1.29, 1.82) is 0 Å². The summed E-state index contributed by atoms with van der Waals surface area (Å²) in [6.07, 6.45) is 0. The van der Waals surface area contributed by atoms with Crippen LogP contribution in [0.5, 0.6) is 0 Å². The number of halogens is 1. The number of hydrogen-bond acceptors (Lipinski definition) is 14. The predicted octanol–water partition coefficient (Wildman–Crippen LogP) is 0.340. The van der Waals surface area contributed by atoms with Gasteiger partial charge in [0.15, 0.2) is 0 Å². The summed E-state index contributed by atoms with van der Waals surface area (Å²) in [7, 11) is -4.71. The van der Waals surface area contributed by atoms with E-state index in [-0.39, 0.29) is 67.5 Å². The zero-order chi connectivity index (χ0) is 29.4. The number of nitrogens with one attached hydrogen (secondary N) is 1. The van der Waals surface area contributed by atoms with Gasteiger partial charge in [0.25, 0.3) is 0 Å². The van der Waals surface area contributed by atoms with E-state index >= 15 is 0 Å². The van der Waals surface area contributed by atoms with Gasteiger partial charge in [0.05, 0.1) is 73.7 Å². The van der Waals surface area contributed by atoms with Crippen molar-refractivity contribution in [2.75, 3.05) is 76.2 Å². The third kappa shape index (κ3) is 10.1. The molecule has 4 aromatic rings. The maximum Gasteiger partial charge on any atom is 1.00 e. The van der Waals surface area contributed by atoms with Crippen LogP contribution in [0.1, 0.15) is 0 Å². The Kier molecular flexibility index (Phi) is 13.5. The quantitative estimate of drug-likeness (QED) is 0.228. The average Bonchev–Trinajstić information content (AvgIpc) is 3.39. The van der Waals surface area contributed by atoms with E-state index in [1.807, 2.05) is 29.2 Å². The van der Waals surface area contributed by atoms with Gasteiger partial charge >= 0.3 is 51.4 Å². The van der Waals surface area contributed by atoms with Gasteiger partial charge in [0.2, 0.25) is 17.2 Å². The molecule has 1 fully saturated rings. The summed E-state index contributed by atoms with van der Waals surface area (Å²) in [5, 5.41) is 3.56. The molecular formula is C26H28ClKN6O7S2. The van der Waals surface area contributed by atoms with Crippen LogP contribution in [-0.4, -0.2) is 98.9 Å². The summed E-state index contributed by atoms with van der Waals surface area (Å²) in [5.74, 6) is 0.409. The van der Waals surface area contributed by atoms with Crippen molar-refractivity contribution in [3.63, 3.8) is 0 Å². The molecule has 1 aliphatic rings. The molecule has 0 atom stereocenters. The summed E-state index contributed by atoms with van der Waals surface area (Å²) in [5.41, 5.74) is 1.56. The molecule has 43 heavy (non-hydrogen) atoms. The number of ether oxygens (including phenoxy) is 4. The first-order valence-electron chi connectivity index (χ1n) is 13.1. The Morgan fingerprint density at radius 2 is 1.47 bits per heavy atom. The molecule has 1 saturated heterocycles. The van der Waals surface area contributed by atoms with Crippen molar-refractivity contribution in [1.82, 2.24) is 19.9 Å². The van der Waals surface area contributed by atoms with E-state index in [4.69, 9.17) is 30.5 Å². The molecule has 1 N–H and O–H groups in total. The molecule has 2 aromatic heterocycles. The Morgan fingerprint density at radius 1 is 0.837 bits per heavy atom. The zero-order valence-corrected chi connectivity index (χ0v) is 28.9. The zero-order valence-electron chi connectivity index (χ0n) is 23.4. The van der Waals surface area contributed by atoms with Gasteiger partial charge in [0, 0.05) is 18.7 Å². The van der Waals surface area contributed by atoms with E-state index in [1.165, 1.54) is 29.5 Å². The second-order valence-corrected chi connectivity index (χ2v) is 11.7. The first kappa shape index (κ1) is 34.5. The molecule has 224 valence electrons. The fraction of sp³-hybridized carbons (Fsp3) is 0.385. The number of fused-ring (bicyclic) bond motifs is 1. The van der Waals surface area contributed by atoms with Gasteiger partial charge < -0.3 is 33.7 Å². The normalized spacial score (nSPS) is 16.2. The Hall–Kier alpha value is -1.38. The van der Waals surface area contributed by atoms with Crippen LogP contribution >= 0.6 is 22.9 Å². The minimum atomic E-state index is -4.71. The van der Waals surface area contributed by atoms with E-state index in [9.17, 15) is 13.0 Å². The van der Waals surface area contributed by atoms with Crippen molar-refractivity contribution >= 4 is 60.9 Å². The number of aromatic nitrogens is 4. The Bertz CT molecular complexity index is 1570. The van der Waals surface area contributed by atoms with Crippen LogP contribution in [0.15, 0.2) is 47.4 Å². The molecule has 3 heterocycles. The summed E-state index contributed by atoms with van der Waals surface area (Å²) < 4.78 is 58.7. The van der Waals surface area contributed by atoms with Crippen LogP contribution in [0, 0.1) is 0 Å². The Labute approximate surface area is 300 Å². The van der Waals surface area contributed by atoms with Crippen molar-refractivity contribution in [2.45, 2.75) is 4.90 Å². The van der Waals surface area contributed by atoms with E-state index in [0.717, 1.165) is 10.2 Å². The number of thiazole rings is 1. The van der Waals surface area contributed by atoms with Crippen LogP contribution in [0.4, 0.5) is 17.6 Å². The minimum absolute atomic E-state index is 0. The van der Waals surface area contributed by atoms with Crippen LogP contribution in [0.3, 0.4) is 0 Å². The van der Waals surface area contributed by atoms with E-state index in [0.29, 0.717) is 88.2 Å². The molecule has 5 rings (SSSR count). The second kappa shape index (κ2) is 16.8. The van der Waals surface area contributed by atoms with Gasteiger partial charge in [-0.25, -0.2) is 13.4 Å². The van der Waals surface area contributed by atoms with E-state index in [2.05, 4.69) is 25.3 Å². The van der Waals surface area contributed by atoms with Crippen molar-refractivity contribution < 1.29 is 83.3 Å². The first-order valence-corrected chi connectivity index (χ1v) is 15.7. The molecule has 0 unspecified atom stereocenters. The molecule has 0 amide bonds. The Balaban J connectivity index is 0.00000423. The fourth-order valence-electron chi connectivity index (χ4n) is 4.03. The summed E-state index contributed by atoms with van der Waals surface area (Å²) >= 11 is 7.67. The largest absolute Gasteiger partial charge is 1.00 e. The molecule has 0 aliphatic carbocycles. The molecule has 0 spiro atoms. The molecule has 0 radical (unpaired) electrons. The number of para-hydroxylation sites is 1. The molecular weight excluding hydrogens is 647 g/mol. The predicted molar refractivity (Wildman–Crippen MR) is 157 cm³/mol. The van der Waals surface area contributed by atoms with Crippen molar-refractivity contribution in [3.05, 3.63) is 47.7 Å². The first-order chi connectivity index (χ1) is 20.4. The standard InChI is InChI=1S/C26H29ClN6O7S2.K/c27-24-30-25(32-26(31-24)33-7-9-37-11-13-39-15-16-40-14-12-38-10-8-33)29-20-6-5-18(42(34,35)36)17-19(20)23-28-21-3-1-2-4-22(21)41-23;/h1-6,17H,7-16H2,(H,34,35,36)(H,29,30,31,32);/q;+1/p-1. The smallest absolute Gasteiger partial charge is 0.744 e. The number of benzene rings is 2.